The van der Waals surface area contributed by atoms with Gasteiger partial charge in [0, 0.05) is 16.8 Å². The third kappa shape index (κ3) is 3.88. The number of nitrogens with zero attached hydrogens (tertiary/aromatic N) is 4. The van der Waals surface area contributed by atoms with Gasteiger partial charge >= 0.3 is 0 Å². The number of thiophene rings is 1. The van der Waals surface area contributed by atoms with Crippen LogP contribution in [0.5, 0.6) is 0 Å². The van der Waals surface area contributed by atoms with Crippen LogP contribution in [0.2, 0.25) is 0 Å². The Kier molecular flexibility index (Phi) is 5.72. The minimum atomic E-state index is 0.0348. The highest BCUT2D eigenvalue weighted by molar-refractivity contribution is 8.03. The molecule has 0 saturated carbocycles. The summed E-state index contributed by atoms with van der Waals surface area (Å²) in [6.07, 6.45) is 6.05. The lowest BCUT2D eigenvalue weighted by molar-refractivity contribution is -0.118. The molecule has 1 aliphatic rings. The lowest BCUT2D eigenvalue weighted by Gasteiger charge is -2.01. The van der Waals surface area contributed by atoms with Gasteiger partial charge in [-0.1, -0.05) is 30.0 Å². The molecule has 0 bridgehead atoms. The maximum atomic E-state index is 11.7. The van der Waals surface area contributed by atoms with Crippen LogP contribution in [-0.2, 0) is 17.6 Å². The Bertz CT molecular complexity index is 938. The fraction of sp³-hybridized carbons (Fsp3) is 0.438. The first-order valence-electron chi connectivity index (χ1n) is 8.40. The number of hydrogen-bond donors (Lipinski definition) is 1. The standard InChI is InChI=1S/C16H17N5OS4/c1-2-6-17-11(22)7-23-15-20-21-16(26-15)25-14-12-9-4-3-5-10(9)24-13(12)18-8-19-14/h8H,2-7H2,1H3,(H,17,22). The van der Waals surface area contributed by atoms with Crippen LogP contribution in [-0.4, -0.2) is 38.4 Å². The molecule has 0 aliphatic heterocycles. The largest absolute Gasteiger partial charge is 0.355 e. The van der Waals surface area contributed by atoms with Crippen molar-refractivity contribution in [1.82, 2.24) is 25.5 Å². The average molecular weight is 424 g/mol. The Morgan fingerprint density at radius 3 is 3.00 bits per heavy atom. The molecular weight excluding hydrogens is 406 g/mol. The second-order valence-corrected chi connectivity index (χ2v) is 10.3. The molecule has 0 fully saturated rings. The van der Waals surface area contributed by atoms with E-state index in [2.05, 4.69) is 25.5 Å². The van der Waals surface area contributed by atoms with Gasteiger partial charge < -0.3 is 5.32 Å². The first-order chi connectivity index (χ1) is 12.7. The van der Waals surface area contributed by atoms with Gasteiger partial charge in [-0.25, -0.2) is 9.97 Å². The second-order valence-electron chi connectivity index (χ2n) is 5.79. The number of aromatic nitrogens is 4. The molecule has 0 spiro atoms. The molecule has 0 aromatic carbocycles. The topological polar surface area (TPSA) is 80.7 Å². The number of rotatable bonds is 7. The van der Waals surface area contributed by atoms with Gasteiger partial charge in [0.1, 0.15) is 16.2 Å². The monoisotopic (exact) mass is 423 g/mol. The van der Waals surface area contributed by atoms with Crippen LogP contribution in [0.25, 0.3) is 10.2 Å². The van der Waals surface area contributed by atoms with Crippen LogP contribution in [0, 0.1) is 0 Å². The van der Waals surface area contributed by atoms with Gasteiger partial charge in [-0.15, -0.1) is 21.5 Å². The van der Waals surface area contributed by atoms with E-state index in [1.165, 1.54) is 45.3 Å². The lowest BCUT2D eigenvalue weighted by Crippen LogP contribution is -2.25. The van der Waals surface area contributed by atoms with Crippen molar-refractivity contribution in [3.8, 4) is 0 Å². The molecule has 0 unspecified atom stereocenters. The molecule has 136 valence electrons. The van der Waals surface area contributed by atoms with E-state index in [1.807, 2.05) is 6.92 Å². The van der Waals surface area contributed by atoms with Gasteiger partial charge in [0.2, 0.25) is 5.91 Å². The van der Waals surface area contributed by atoms with Crippen LogP contribution in [0.15, 0.2) is 20.0 Å². The number of amides is 1. The van der Waals surface area contributed by atoms with E-state index in [-0.39, 0.29) is 5.91 Å². The number of nitrogens with one attached hydrogen (secondary N) is 1. The summed E-state index contributed by atoms with van der Waals surface area (Å²) in [5, 5.41) is 13.5. The van der Waals surface area contributed by atoms with Crippen molar-refractivity contribution in [1.29, 1.82) is 0 Å². The molecule has 6 nitrogen and oxygen atoms in total. The zero-order chi connectivity index (χ0) is 17.9. The quantitative estimate of drug-likeness (QED) is 0.457. The summed E-state index contributed by atoms with van der Waals surface area (Å²) >= 11 is 6.26. The normalized spacial score (nSPS) is 13.3. The van der Waals surface area contributed by atoms with Crippen molar-refractivity contribution in [3.63, 3.8) is 0 Å². The predicted octanol–water partition coefficient (Wildman–Crippen LogP) is 3.80. The van der Waals surface area contributed by atoms with E-state index in [0.29, 0.717) is 12.3 Å². The first-order valence-corrected chi connectivity index (χ1v) is 11.8. The van der Waals surface area contributed by atoms with E-state index in [1.54, 1.807) is 29.4 Å². The molecule has 1 aliphatic carbocycles. The molecule has 26 heavy (non-hydrogen) atoms. The van der Waals surface area contributed by atoms with E-state index in [4.69, 9.17) is 0 Å². The Hall–Kier alpha value is -1.23. The third-order valence-electron chi connectivity index (χ3n) is 3.94. The van der Waals surface area contributed by atoms with Crippen LogP contribution >= 0.6 is 46.2 Å². The van der Waals surface area contributed by atoms with Crippen LogP contribution < -0.4 is 5.32 Å². The van der Waals surface area contributed by atoms with Crippen LogP contribution in [0.4, 0.5) is 0 Å². The molecule has 3 heterocycles. The molecular formula is C16H17N5OS4. The van der Waals surface area contributed by atoms with Crippen LogP contribution in [0.3, 0.4) is 0 Å². The summed E-state index contributed by atoms with van der Waals surface area (Å²) < 4.78 is 1.65. The van der Waals surface area contributed by atoms with Gasteiger partial charge in [0.15, 0.2) is 8.68 Å². The Morgan fingerprint density at radius 2 is 2.12 bits per heavy atom. The number of carbonyl (C=O) groups is 1. The molecule has 10 heteroatoms. The SMILES string of the molecule is CCCNC(=O)CSc1nnc(Sc2ncnc3sc4c(c23)CCC4)s1. The van der Waals surface area contributed by atoms with Crippen molar-refractivity contribution >= 4 is 62.3 Å². The molecule has 3 aromatic rings. The fourth-order valence-electron chi connectivity index (χ4n) is 2.80. The van der Waals surface area contributed by atoms with Gasteiger partial charge in [-0.05, 0) is 43.0 Å². The Labute approximate surface area is 167 Å². The van der Waals surface area contributed by atoms with Crippen molar-refractivity contribution in [2.45, 2.75) is 46.3 Å². The number of thioether (sulfide) groups is 1. The van der Waals surface area contributed by atoms with Gasteiger partial charge in [-0.2, -0.15) is 0 Å². The highest BCUT2D eigenvalue weighted by Gasteiger charge is 2.22. The Balaban J connectivity index is 1.46. The zero-order valence-electron chi connectivity index (χ0n) is 14.2. The Morgan fingerprint density at radius 1 is 1.23 bits per heavy atom. The fourth-order valence-corrected chi connectivity index (χ4v) is 6.98. The summed E-state index contributed by atoms with van der Waals surface area (Å²) in [5.74, 6) is 0.405. The molecule has 1 N–H and O–H groups in total. The lowest BCUT2D eigenvalue weighted by atomic mass is 10.2. The summed E-state index contributed by atoms with van der Waals surface area (Å²) in [6.45, 7) is 2.75. The number of carbonyl (C=O) groups excluding carboxylic acids is 1. The molecule has 0 radical (unpaired) electrons. The summed E-state index contributed by atoms with van der Waals surface area (Å²) in [7, 11) is 0. The molecule has 3 aromatic heterocycles. The van der Waals surface area contributed by atoms with E-state index in [0.717, 1.165) is 37.8 Å². The highest BCUT2D eigenvalue weighted by atomic mass is 32.2. The van der Waals surface area contributed by atoms with Gasteiger partial charge in [-0.3, -0.25) is 4.79 Å². The molecule has 1 amide bonds. The maximum absolute atomic E-state index is 11.7. The van der Waals surface area contributed by atoms with E-state index in [9.17, 15) is 4.79 Å². The minimum Gasteiger partial charge on any atom is -0.355 e. The second kappa shape index (κ2) is 8.20. The molecule has 0 saturated heterocycles. The van der Waals surface area contributed by atoms with E-state index < -0.39 is 0 Å². The number of fused-ring (bicyclic) bond motifs is 3. The van der Waals surface area contributed by atoms with Crippen molar-refractivity contribution < 1.29 is 4.79 Å². The zero-order valence-corrected chi connectivity index (χ0v) is 17.4. The summed E-state index contributed by atoms with van der Waals surface area (Å²) in [4.78, 5) is 23.2. The van der Waals surface area contributed by atoms with Crippen molar-refractivity contribution in [3.05, 3.63) is 16.8 Å². The smallest absolute Gasteiger partial charge is 0.230 e. The predicted molar refractivity (Wildman–Crippen MR) is 107 cm³/mol. The van der Waals surface area contributed by atoms with Crippen LogP contribution in [0.1, 0.15) is 30.2 Å². The maximum Gasteiger partial charge on any atom is 0.230 e. The minimum absolute atomic E-state index is 0.0348. The van der Waals surface area contributed by atoms with Gasteiger partial charge in [0.05, 0.1) is 5.75 Å². The average Bonchev–Trinajstić information content (AvgIpc) is 3.34. The van der Waals surface area contributed by atoms with Crippen molar-refractivity contribution in [2.24, 2.45) is 0 Å². The first kappa shape index (κ1) is 18.1. The van der Waals surface area contributed by atoms with Crippen molar-refractivity contribution in [2.75, 3.05) is 12.3 Å². The summed E-state index contributed by atoms with van der Waals surface area (Å²) in [5.41, 5.74) is 1.42. The van der Waals surface area contributed by atoms with Gasteiger partial charge in [0.25, 0.3) is 0 Å². The number of hydrogen-bond acceptors (Lipinski definition) is 9. The van der Waals surface area contributed by atoms with E-state index >= 15 is 0 Å². The summed E-state index contributed by atoms with van der Waals surface area (Å²) in [6, 6.07) is 0. The third-order valence-corrected chi connectivity index (χ3v) is 8.25. The molecule has 4 rings (SSSR count). The number of aryl methyl sites for hydroxylation is 2. The molecule has 0 atom stereocenters. The highest BCUT2D eigenvalue weighted by Crippen LogP contribution is 2.42.